The Hall–Kier alpha value is -1.20. The summed E-state index contributed by atoms with van der Waals surface area (Å²) in [5.41, 5.74) is 1.97. The molecule has 2 aromatic rings. The first-order valence-corrected chi connectivity index (χ1v) is 11.1. The molecule has 3 rings (SSSR count). The highest BCUT2D eigenvalue weighted by molar-refractivity contribution is 9.10. The summed E-state index contributed by atoms with van der Waals surface area (Å²) in [5, 5.41) is 22.8. The number of aliphatic hydroxyl groups excluding tert-OH is 1. The highest BCUT2D eigenvalue weighted by atomic mass is 79.9. The van der Waals surface area contributed by atoms with Crippen LogP contribution in [-0.4, -0.2) is 39.0 Å². The van der Waals surface area contributed by atoms with Crippen molar-refractivity contribution in [3.8, 4) is 11.1 Å². The number of hydrogen-bond donors (Lipinski definition) is 2. The summed E-state index contributed by atoms with van der Waals surface area (Å²) < 4.78 is 1.04. The second kappa shape index (κ2) is 8.66. The Bertz CT molecular complexity index is 779. The number of rotatable bonds is 5. The van der Waals surface area contributed by atoms with Gasteiger partial charge in [-0.3, -0.25) is 4.90 Å². The summed E-state index contributed by atoms with van der Waals surface area (Å²) in [5.74, 6) is -0.233. The van der Waals surface area contributed by atoms with Gasteiger partial charge in [0.15, 0.2) is 0 Å². The molecular weight excluding hydrogens is 414 g/mol. The number of aliphatic hydroxyl groups is 2. The second-order valence-electron chi connectivity index (χ2n) is 8.49. The average molecular weight is 446 g/mol. The Kier molecular flexibility index (Phi) is 6.65. The lowest BCUT2D eigenvalue weighted by atomic mass is 9.79. The number of halogens is 1. The van der Waals surface area contributed by atoms with Crippen molar-refractivity contribution in [3.05, 3.63) is 58.6 Å². The molecule has 28 heavy (non-hydrogen) atoms. The molecule has 0 saturated carbocycles. The molecule has 0 aromatic heterocycles. The molecule has 1 heterocycles. The van der Waals surface area contributed by atoms with Gasteiger partial charge in [0.05, 0.1) is 0 Å². The normalized spacial score (nSPS) is 25.1. The van der Waals surface area contributed by atoms with Gasteiger partial charge < -0.3 is 10.2 Å². The first kappa shape index (κ1) is 21.5. The van der Waals surface area contributed by atoms with Crippen LogP contribution in [0.25, 0.3) is 11.1 Å². The first-order valence-electron chi connectivity index (χ1n) is 10.3. The van der Waals surface area contributed by atoms with E-state index in [9.17, 15) is 10.2 Å². The zero-order valence-corrected chi connectivity index (χ0v) is 18.9. The van der Waals surface area contributed by atoms with E-state index in [1.165, 1.54) is 6.42 Å². The molecule has 1 aliphatic rings. The zero-order chi connectivity index (χ0) is 20.5. The van der Waals surface area contributed by atoms with Crippen molar-refractivity contribution in [1.82, 2.24) is 4.90 Å². The third kappa shape index (κ3) is 4.20. The predicted molar refractivity (Wildman–Crippen MR) is 119 cm³/mol. The van der Waals surface area contributed by atoms with Crippen LogP contribution in [0.1, 0.15) is 58.4 Å². The van der Waals surface area contributed by atoms with Crippen molar-refractivity contribution >= 4 is 15.9 Å². The van der Waals surface area contributed by atoms with Gasteiger partial charge in [0.1, 0.15) is 11.8 Å². The van der Waals surface area contributed by atoms with Crippen LogP contribution < -0.4 is 0 Å². The Labute approximate surface area is 177 Å². The molecule has 1 fully saturated rings. The van der Waals surface area contributed by atoms with E-state index in [1.54, 1.807) is 6.92 Å². The molecule has 0 amide bonds. The molecule has 5 atom stereocenters. The van der Waals surface area contributed by atoms with E-state index in [1.807, 2.05) is 31.2 Å². The standard InChI is InChI=1S/C24H32BrNO2/c1-16-8-7-9-17(2)26(16)23(27)24(4,28)18(3)21-10-5-6-11-22(21)19-12-14-20(25)15-13-19/h5-6,10-18,23,27-28H,7-9H2,1-4H3. The highest BCUT2D eigenvalue weighted by Gasteiger charge is 2.44. The van der Waals surface area contributed by atoms with Crippen LogP contribution in [0.15, 0.2) is 53.0 Å². The van der Waals surface area contributed by atoms with Gasteiger partial charge >= 0.3 is 0 Å². The van der Waals surface area contributed by atoms with Gasteiger partial charge in [-0.25, -0.2) is 0 Å². The Balaban J connectivity index is 1.94. The van der Waals surface area contributed by atoms with Crippen LogP contribution in [0.3, 0.4) is 0 Å². The number of nitrogens with zero attached hydrogens (tertiary/aromatic N) is 1. The summed E-state index contributed by atoms with van der Waals surface area (Å²) >= 11 is 3.49. The molecule has 0 spiro atoms. The molecule has 0 bridgehead atoms. The Morgan fingerprint density at radius 3 is 2.21 bits per heavy atom. The summed E-state index contributed by atoms with van der Waals surface area (Å²) in [7, 11) is 0. The number of piperidine rings is 1. The number of likely N-dealkylation sites (tertiary alicyclic amines) is 1. The van der Waals surface area contributed by atoms with Crippen molar-refractivity contribution in [3.63, 3.8) is 0 Å². The molecule has 152 valence electrons. The van der Waals surface area contributed by atoms with Crippen LogP contribution in [-0.2, 0) is 0 Å². The Morgan fingerprint density at radius 1 is 1.04 bits per heavy atom. The fourth-order valence-electron chi connectivity index (χ4n) is 4.53. The van der Waals surface area contributed by atoms with Crippen molar-refractivity contribution in [2.75, 3.05) is 0 Å². The van der Waals surface area contributed by atoms with Crippen molar-refractivity contribution in [1.29, 1.82) is 0 Å². The van der Waals surface area contributed by atoms with Gasteiger partial charge in [-0.05, 0) is 62.4 Å². The molecule has 3 nitrogen and oxygen atoms in total. The van der Waals surface area contributed by atoms with Gasteiger partial charge in [0.2, 0.25) is 0 Å². The molecule has 0 aliphatic carbocycles. The average Bonchev–Trinajstić information content (AvgIpc) is 2.67. The molecule has 2 N–H and O–H groups in total. The van der Waals surface area contributed by atoms with E-state index in [0.717, 1.165) is 34.0 Å². The molecule has 1 aliphatic heterocycles. The van der Waals surface area contributed by atoms with Crippen LogP contribution in [0.2, 0.25) is 0 Å². The lowest BCUT2D eigenvalue weighted by molar-refractivity contribution is -0.178. The largest absolute Gasteiger partial charge is 0.385 e. The summed E-state index contributed by atoms with van der Waals surface area (Å²) in [6.45, 7) is 8.08. The maximum absolute atomic E-state index is 11.5. The smallest absolute Gasteiger partial charge is 0.137 e. The van der Waals surface area contributed by atoms with E-state index in [2.05, 4.69) is 58.9 Å². The number of hydrogen-bond acceptors (Lipinski definition) is 3. The van der Waals surface area contributed by atoms with Crippen molar-refractivity contribution in [2.24, 2.45) is 0 Å². The quantitative estimate of drug-likeness (QED) is 0.633. The van der Waals surface area contributed by atoms with Crippen LogP contribution >= 0.6 is 15.9 Å². The molecular formula is C24H32BrNO2. The van der Waals surface area contributed by atoms with Crippen LogP contribution in [0.4, 0.5) is 0 Å². The summed E-state index contributed by atoms with van der Waals surface area (Å²) in [4.78, 5) is 2.10. The van der Waals surface area contributed by atoms with Crippen molar-refractivity contribution < 1.29 is 10.2 Å². The van der Waals surface area contributed by atoms with Gasteiger partial charge in [-0.15, -0.1) is 0 Å². The third-order valence-electron chi connectivity index (χ3n) is 6.53. The van der Waals surface area contributed by atoms with E-state index < -0.39 is 11.8 Å². The van der Waals surface area contributed by atoms with Crippen LogP contribution in [0.5, 0.6) is 0 Å². The van der Waals surface area contributed by atoms with Crippen molar-refractivity contribution in [2.45, 2.75) is 76.8 Å². The van der Waals surface area contributed by atoms with E-state index in [-0.39, 0.29) is 18.0 Å². The molecule has 2 aromatic carbocycles. The maximum Gasteiger partial charge on any atom is 0.137 e. The SMILES string of the molecule is CC1CCCC(C)N1C(O)C(C)(O)C(C)c1ccccc1-c1ccc(Br)cc1. The van der Waals surface area contributed by atoms with Gasteiger partial charge in [-0.1, -0.05) is 65.7 Å². The van der Waals surface area contributed by atoms with Gasteiger partial charge in [-0.2, -0.15) is 0 Å². The van der Waals surface area contributed by atoms with Gasteiger partial charge in [0.25, 0.3) is 0 Å². The molecule has 1 saturated heterocycles. The zero-order valence-electron chi connectivity index (χ0n) is 17.3. The van der Waals surface area contributed by atoms with E-state index in [4.69, 9.17) is 0 Å². The lowest BCUT2D eigenvalue weighted by Gasteiger charge is -2.48. The van der Waals surface area contributed by atoms with E-state index in [0.29, 0.717) is 0 Å². The molecule has 0 radical (unpaired) electrons. The fourth-order valence-corrected chi connectivity index (χ4v) is 4.79. The molecule has 4 heteroatoms. The number of benzene rings is 2. The predicted octanol–water partition coefficient (Wildman–Crippen LogP) is 5.55. The molecule has 5 unspecified atom stereocenters. The first-order chi connectivity index (χ1) is 13.2. The fraction of sp³-hybridized carbons (Fsp3) is 0.500. The third-order valence-corrected chi connectivity index (χ3v) is 7.05. The highest BCUT2D eigenvalue weighted by Crippen LogP contribution is 2.39. The van der Waals surface area contributed by atoms with E-state index >= 15 is 0 Å². The summed E-state index contributed by atoms with van der Waals surface area (Å²) in [6.07, 6.45) is 2.38. The minimum Gasteiger partial charge on any atom is -0.385 e. The lowest BCUT2D eigenvalue weighted by Crippen LogP contribution is -2.60. The minimum absolute atomic E-state index is 0.233. The second-order valence-corrected chi connectivity index (χ2v) is 9.41. The topological polar surface area (TPSA) is 43.7 Å². The maximum atomic E-state index is 11.5. The van der Waals surface area contributed by atoms with Crippen LogP contribution in [0, 0.1) is 0 Å². The monoisotopic (exact) mass is 445 g/mol. The van der Waals surface area contributed by atoms with Gasteiger partial charge in [0, 0.05) is 22.5 Å². The Morgan fingerprint density at radius 2 is 1.61 bits per heavy atom. The summed E-state index contributed by atoms with van der Waals surface area (Å²) in [6, 6.07) is 16.9. The minimum atomic E-state index is -1.27.